The summed E-state index contributed by atoms with van der Waals surface area (Å²) in [5.74, 6) is -0.678. The Morgan fingerprint density at radius 2 is 1.90 bits per heavy atom. The Morgan fingerprint density at radius 3 is 2.40 bits per heavy atom. The van der Waals surface area contributed by atoms with Gasteiger partial charge < -0.3 is 15.1 Å². The van der Waals surface area contributed by atoms with Gasteiger partial charge in [-0.2, -0.15) is 0 Å². The number of hydrogen-bond acceptors (Lipinski definition) is 3. The van der Waals surface area contributed by atoms with E-state index in [2.05, 4.69) is 4.90 Å². The van der Waals surface area contributed by atoms with Crippen molar-refractivity contribution in [2.24, 2.45) is 5.41 Å². The van der Waals surface area contributed by atoms with Crippen LogP contribution in [-0.4, -0.2) is 40.7 Å². The molecule has 0 amide bonds. The van der Waals surface area contributed by atoms with Crippen molar-refractivity contribution in [1.82, 2.24) is 4.90 Å². The maximum atomic E-state index is 11.4. The molecule has 2 rings (SSSR count). The van der Waals surface area contributed by atoms with Crippen molar-refractivity contribution in [1.29, 1.82) is 0 Å². The van der Waals surface area contributed by atoms with Crippen LogP contribution in [0.1, 0.15) is 37.9 Å². The molecule has 0 saturated carbocycles. The molecule has 1 saturated heterocycles. The maximum Gasteiger partial charge on any atom is 0.309 e. The zero-order chi connectivity index (χ0) is 14.6. The SMILES string of the molecule is CCC1(C(=O)O)CCN(CC(O)c2ccccc2)CC1. The van der Waals surface area contributed by atoms with Crippen molar-refractivity contribution in [3.05, 3.63) is 35.9 Å². The van der Waals surface area contributed by atoms with Gasteiger partial charge in [0.05, 0.1) is 11.5 Å². The Bertz CT molecular complexity index is 438. The number of benzene rings is 1. The van der Waals surface area contributed by atoms with E-state index in [1.54, 1.807) is 0 Å². The Morgan fingerprint density at radius 1 is 1.30 bits per heavy atom. The first-order valence-corrected chi connectivity index (χ1v) is 7.26. The summed E-state index contributed by atoms with van der Waals surface area (Å²) >= 11 is 0. The van der Waals surface area contributed by atoms with Crippen LogP contribution in [0.15, 0.2) is 30.3 Å². The third-order valence-electron chi connectivity index (χ3n) is 4.56. The molecule has 0 spiro atoms. The minimum absolute atomic E-state index is 0.504. The highest BCUT2D eigenvalue weighted by molar-refractivity contribution is 5.74. The van der Waals surface area contributed by atoms with E-state index in [1.165, 1.54) is 0 Å². The highest BCUT2D eigenvalue weighted by Crippen LogP contribution is 2.35. The molecule has 1 heterocycles. The van der Waals surface area contributed by atoms with Crippen LogP contribution >= 0.6 is 0 Å². The first kappa shape index (κ1) is 15.0. The summed E-state index contributed by atoms with van der Waals surface area (Å²) in [6.07, 6.45) is 1.51. The van der Waals surface area contributed by atoms with Crippen LogP contribution in [0.25, 0.3) is 0 Å². The summed E-state index contributed by atoms with van der Waals surface area (Å²) in [6.45, 7) is 4.00. The summed E-state index contributed by atoms with van der Waals surface area (Å²) in [5.41, 5.74) is 0.354. The van der Waals surface area contributed by atoms with Crippen LogP contribution in [0.2, 0.25) is 0 Å². The summed E-state index contributed by atoms with van der Waals surface area (Å²) in [4.78, 5) is 13.6. The molecule has 4 nitrogen and oxygen atoms in total. The summed E-state index contributed by atoms with van der Waals surface area (Å²) in [7, 11) is 0. The molecular formula is C16H23NO3. The van der Waals surface area contributed by atoms with Gasteiger partial charge in [-0.15, -0.1) is 0 Å². The van der Waals surface area contributed by atoms with Crippen LogP contribution in [0, 0.1) is 5.41 Å². The van der Waals surface area contributed by atoms with Crippen molar-refractivity contribution in [3.8, 4) is 0 Å². The zero-order valence-corrected chi connectivity index (χ0v) is 12.0. The summed E-state index contributed by atoms with van der Waals surface area (Å²) < 4.78 is 0. The second-order valence-corrected chi connectivity index (χ2v) is 5.67. The molecule has 1 aliphatic rings. The van der Waals surface area contributed by atoms with Gasteiger partial charge in [0.15, 0.2) is 0 Å². The Hall–Kier alpha value is -1.39. The van der Waals surface area contributed by atoms with Crippen molar-refractivity contribution >= 4 is 5.97 Å². The molecule has 4 heteroatoms. The van der Waals surface area contributed by atoms with E-state index in [0.29, 0.717) is 25.8 Å². The largest absolute Gasteiger partial charge is 0.481 e. The normalized spacial score (nSPS) is 20.5. The Balaban J connectivity index is 1.90. The number of rotatable bonds is 5. The number of hydrogen-bond donors (Lipinski definition) is 2. The smallest absolute Gasteiger partial charge is 0.309 e. The molecule has 0 aliphatic carbocycles. The summed E-state index contributed by atoms with van der Waals surface area (Å²) in [6, 6.07) is 9.60. The Kier molecular flexibility index (Phi) is 4.78. The Labute approximate surface area is 120 Å². The highest BCUT2D eigenvalue weighted by Gasteiger charge is 2.39. The lowest BCUT2D eigenvalue weighted by Gasteiger charge is -2.39. The molecule has 1 aromatic rings. The van der Waals surface area contributed by atoms with E-state index >= 15 is 0 Å². The molecule has 20 heavy (non-hydrogen) atoms. The van der Waals surface area contributed by atoms with Gasteiger partial charge in [0, 0.05) is 6.54 Å². The molecule has 110 valence electrons. The van der Waals surface area contributed by atoms with Crippen LogP contribution in [0.3, 0.4) is 0 Å². The van der Waals surface area contributed by atoms with E-state index in [9.17, 15) is 15.0 Å². The number of nitrogens with zero attached hydrogens (tertiary/aromatic N) is 1. The number of piperidine rings is 1. The van der Waals surface area contributed by atoms with E-state index in [-0.39, 0.29) is 0 Å². The maximum absolute atomic E-state index is 11.4. The molecule has 1 unspecified atom stereocenters. The first-order chi connectivity index (χ1) is 9.57. The van der Waals surface area contributed by atoms with Crippen molar-refractivity contribution in [3.63, 3.8) is 0 Å². The third kappa shape index (κ3) is 3.19. The fourth-order valence-electron chi connectivity index (χ4n) is 2.91. The lowest BCUT2D eigenvalue weighted by Crippen LogP contribution is -2.45. The first-order valence-electron chi connectivity index (χ1n) is 7.26. The molecule has 1 aliphatic heterocycles. The number of carbonyl (C=O) groups is 1. The third-order valence-corrected chi connectivity index (χ3v) is 4.56. The fraction of sp³-hybridized carbons (Fsp3) is 0.562. The summed E-state index contributed by atoms with van der Waals surface area (Å²) in [5, 5.41) is 19.6. The van der Waals surface area contributed by atoms with Crippen LogP contribution in [-0.2, 0) is 4.79 Å². The van der Waals surface area contributed by atoms with Crippen molar-refractivity contribution in [2.45, 2.75) is 32.3 Å². The van der Waals surface area contributed by atoms with Crippen LogP contribution < -0.4 is 0 Å². The lowest BCUT2D eigenvalue weighted by atomic mass is 9.76. The van der Waals surface area contributed by atoms with E-state index in [1.807, 2.05) is 37.3 Å². The second-order valence-electron chi connectivity index (χ2n) is 5.67. The molecule has 0 radical (unpaired) electrons. The molecule has 0 bridgehead atoms. The monoisotopic (exact) mass is 277 g/mol. The molecule has 1 aromatic carbocycles. The number of aliphatic carboxylic acids is 1. The molecule has 2 N–H and O–H groups in total. The average Bonchev–Trinajstić information content (AvgIpc) is 2.49. The minimum Gasteiger partial charge on any atom is -0.481 e. The van der Waals surface area contributed by atoms with Gasteiger partial charge in [0.1, 0.15) is 0 Å². The fourth-order valence-corrected chi connectivity index (χ4v) is 2.91. The number of aliphatic hydroxyl groups excluding tert-OH is 1. The van der Waals surface area contributed by atoms with E-state index in [4.69, 9.17) is 0 Å². The number of β-amino-alcohol motifs (C(OH)–C–C–N with tert-alkyl or cyclic N) is 1. The van der Waals surface area contributed by atoms with Gasteiger partial charge in [-0.3, -0.25) is 4.79 Å². The van der Waals surface area contributed by atoms with E-state index < -0.39 is 17.5 Å². The van der Waals surface area contributed by atoms with Gasteiger partial charge in [-0.05, 0) is 37.9 Å². The molecular weight excluding hydrogens is 254 g/mol. The number of carboxylic acids is 1. The molecule has 0 aromatic heterocycles. The van der Waals surface area contributed by atoms with Gasteiger partial charge >= 0.3 is 5.97 Å². The number of likely N-dealkylation sites (tertiary alicyclic amines) is 1. The second kappa shape index (κ2) is 6.37. The van der Waals surface area contributed by atoms with Gasteiger partial charge in [0.2, 0.25) is 0 Å². The quantitative estimate of drug-likeness (QED) is 0.867. The number of aliphatic hydroxyl groups is 1. The topological polar surface area (TPSA) is 60.8 Å². The molecule has 1 fully saturated rings. The minimum atomic E-state index is -0.678. The average molecular weight is 277 g/mol. The van der Waals surface area contributed by atoms with Crippen molar-refractivity contribution in [2.75, 3.05) is 19.6 Å². The van der Waals surface area contributed by atoms with E-state index in [0.717, 1.165) is 18.7 Å². The standard InChI is InChI=1S/C16H23NO3/c1-2-16(15(19)20)8-10-17(11-9-16)12-14(18)13-6-4-3-5-7-13/h3-7,14,18H,2,8-12H2,1H3,(H,19,20). The number of carboxylic acid groups (broad SMARTS) is 1. The zero-order valence-electron chi connectivity index (χ0n) is 12.0. The van der Waals surface area contributed by atoms with Crippen LogP contribution in [0.4, 0.5) is 0 Å². The highest BCUT2D eigenvalue weighted by atomic mass is 16.4. The van der Waals surface area contributed by atoms with Gasteiger partial charge in [-0.25, -0.2) is 0 Å². The van der Waals surface area contributed by atoms with Crippen LogP contribution in [0.5, 0.6) is 0 Å². The predicted molar refractivity (Wildman–Crippen MR) is 77.4 cm³/mol. The molecule has 1 atom stereocenters. The van der Waals surface area contributed by atoms with Crippen molar-refractivity contribution < 1.29 is 15.0 Å². The predicted octanol–water partition coefficient (Wildman–Crippen LogP) is 2.30. The van der Waals surface area contributed by atoms with Gasteiger partial charge in [0.25, 0.3) is 0 Å². The lowest BCUT2D eigenvalue weighted by molar-refractivity contribution is -0.152. The van der Waals surface area contributed by atoms with Gasteiger partial charge in [-0.1, -0.05) is 37.3 Å².